The Hall–Kier alpha value is -1.35. The Morgan fingerprint density at radius 2 is 1.90 bits per heavy atom. The van der Waals surface area contributed by atoms with Gasteiger partial charge in [0.15, 0.2) is 0 Å². The summed E-state index contributed by atoms with van der Waals surface area (Å²) in [6.07, 6.45) is 7.75. The van der Waals surface area contributed by atoms with E-state index in [2.05, 4.69) is 22.8 Å². The first-order chi connectivity index (χ1) is 9.79. The standard InChI is InChI=1S/C17H26N2O/c1-18-13-17(20)19-16(15-10-6-3-7-11-15)12-14-8-4-2-5-9-14/h3,6-7,10-11,14,16,18H,2,4-5,8-9,12-13H2,1H3,(H,19,20). The number of rotatable bonds is 6. The largest absolute Gasteiger partial charge is 0.348 e. The second-order valence-electron chi connectivity index (χ2n) is 5.80. The van der Waals surface area contributed by atoms with Gasteiger partial charge >= 0.3 is 0 Å². The Labute approximate surface area is 122 Å². The fourth-order valence-electron chi connectivity index (χ4n) is 3.13. The molecular weight excluding hydrogens is 248 g/mol. The van der Waals surface area contributed by atoms with Crippen molar-refractivity contribution < 1.29 is 4.79 Å². The van der Waals surface area contributed by atoms with Gasteiger partial charge in [-0.25, -0.2) is 0 Å². The first-order valence-corrected chi connectivity index (χ1v) is 7.78. The summed E-state index contributed by atoms with van der Waals surface area (Å²) in [5.74, 6) is 0.834. The van der Waals surface area contributed by atoms with Gasteiger partial charge in [-0.1, -0.05) is 62.4 Å². The maximum atomic E-state index is 11.9. The molecule has 1 unspecified atom stereocenters. The molecule has 1 aromatic carbocycles. The number of hydrogen-bond acceptors (Lipinski definition) is 2. The molecule has 1 aliphatic rings. The van der Waals surface area contributed by atoms with Crippen LogP contribution in [0, 0.1) is 5.92 Å². The minimum atomic E-state index is 0.0807. The summed E-state index contributed by atoms with van der Waals surface area (Å²) in [6, 6.07) is 10.5. The molecule has 0 aliphatic heterocycles. The third-order valence-electron chi connectivity index (χ3n) is 4.17. The average Bonchev–Trinajstić information content (AvgIpc) is 2.49. The van der Waals surface area contributed by atoms with Crippen LogP contribution in [0.25, 0.3) is 0 Å². The molecule has 1 atom stereocenters. The van der Waals surface area contributed by atoms with Crippen LogP contribution in [0.2, 0.25) is 0 Å². The summed E-state index contributed by atoms with van der Waals surface area (Å²) in [6.45, 7) is 0.383. The number of carbonyl (C=O) groups is 1. The molecule has 110 valence electrons. The van der Waals surface area contributed by atoms with Gasteiger partial charge in [-0.2, -0.15) is 0 Å². The lowest BCUT2D eigenvalue weighted by Gasteiger charge is -2.27. The van der Waals surface area contributed by atoms with Gasteiger partial charge in [0.2, 0.25) is 5.91 Å². The third-order valence-corrected chi connectivity index (χ3v) is 4.17. The lowest BCUT2D eigenvalue weighted by atomic mass is 9.83. The molecule has 0 heterocycles. The minimum absolute atomic E-state index is 0.0807. The van der Waals surface area contributed by atoms with E-state index < -0.39 is 0 Å². The molecule has 0 aromatic heterocycles. The van der Waals surface area contributed by atoms with Crippen molar-refractivity contribution in [2.45, 2.75) is 44.6 Å². The molecule has 1 saturated carbocycles. The average molecular weight is 274 g/mol. The van der Waals surface area contributed by atoms with Crippen molar-refractivity contribution in [1.29, 1.82) is 0 Å². The van der Waals surface area contributed by atoms with Gasteiger partial charge in [0.1, 0.15) is 0 Å². The van der Waals surface area contributed by atoms with E-state index in [9.17, 15) is 4.79 Å². The van der Waals surface area contributed by atoms with Crippen molar-refractivity contribution in [2.75, 3.05) is 13.6 Å². The lowest BCUT2D eigenvalue weighted by molar-refractivity contribution is -0.121. The Kier molecular flexibility index (Phi) is 6.06. The molecule has 0 spiro atoms. The van der Waals surface area contributed by atoms with Crippen LogP contribution in [-0.4, -0.2) is 19.5 Å². The van der Waals surface area contributed by atoms with Crippen LogP contribution in [0.15, 0.2) is 30.3 Å². The van der Waals surface area contributed by atoms with E-state index in [1.165, 1.54) is 37.7 Å². The summed E-state index contributed by atoms with van der Waals surface area (Å²) >= 11 is 0. The predicted molar refractivity (Wildman–Crippen MR) is 82.4 cm³/mol. The zero-order valence-corrected chi connectivity index (χ0v) is 12.4. The third kappa shape index (κ3) is 4.64. The second kappa shape index (κ2) is 8.05. The van der Waals surface area contributed by atoms with Gasteiger partial charge in [-0.3, -0.25) is 4.79 Å². The van der Waals surface area contributed by atoms with Crippen LogP contribution >= 0.6 is 0 Å². The van der Waals surface area contributed by atoms with Crippen molar-refractivity contribution in [3.8, 4) is 0 Å². The first kappa shape index (κ1) is 15.0. The van der Waals surface area contributed by atoms with Crippen LogP contribution in [-0.2, 0) is 4.79 Å². The van der Waals surface area contributed by atoms with Crippen LogP contribution in [0.4, 0.5) is 0 Å². The maximum absolute atomic E-state index is 11.9. The molecule has 0 saturated heterocycles. The number of nitrogens with one attached hydrogen (secondary N) is 2. The summed E-state index contributed by atoms with van der Waals surface area (Å²) in [5, 5.41) is 6.10. The molecule has 1 aromatic rings. The zero-order valence-electron chi connectivity index (χ0n) is 12.4. The summed E-state index contributed by atoms with van der Waals surface area (Å²) in [7, 11) is 1.80. The fraction of sp³-hybridized carbons (Fsp3) is 0.588. The summed E-state index contributed by atoms with van der Waals surface area (Å²) in [5.41, 5.74) is 1.22. The molecule has 1 fully saturated rings. The minimum Gasteiger partial charge on any atom is -0.348 e. The van der Waals surface area contributed by atoms with Gasteiger partial charge in [0, 0.05) is 0 Å². The highest BCUT2D eigenvalue weighted by molar-refractivity contribution is 5.78. The van der Waals surface area contributed by atoms with Gasteiger partial charge in [0.05, 0.1) is 12.6 Å². The molecule has 3 heteroatoms. The van der Waals surface area contributed by atoms with Crippen molar-refractivity contribution in [2.24, 2.45) is 5.92 Å². The highest BCUT2D eigenvalue weighted by Gasteiger charge is 2.21. The van der Waals surface area contributed by atoms with E-state index in [0.29, 0.717) is 6.54 Å². The number of hydrogen-bond donors (Lipinski definition) is 2. The molecule has 1 amide bonds. The number of benzene rings is 1. The molecule has 20 heavy (non-hydrogen) atoms. The molecule has 3 nitrogen and oxygen atoms in total. The van der Waals surface area contributed by atoms with Crippen molar-refractivity contribution in [1.82, 2.24) is 10.6 Å². The molecular formula is C17H26N2O. The topological polar surface area (TPSA) is 41.1 Å². The van der Waals surface area contributed by atoms with Crippen LogP contribution in [0.3, 0.4) is 0 Å². The number of carbonyl (C=O) groups excluding carboxylic acids is 1. The van der Waals surface area contributed by atoms with Gasteiger partial charge < -0.3 is 10.6 Å². The zero-order chi connectivity index (χ0) is 14.2. The SMILES string of the molecule is CNCC(=O)NC(CC1CCCCC1)c1ccccc1. The maximum Gasteiger partial charge on any atom is 0.234 e. The molecule has 0 bridgehead atoms. The fourth-order valence-corrected chi connectivity index (χ4v) is 3.13. The molecule has 2 N–H and O–H groups in total. The van der Waals surface area contributed by atoms with E-state index in [-0.39, 0.29) is 11.9 Å². The van der Waals surface area contributed by atoms with E-state index in [4.69, 9.17) is 0 Å². The Balaban J connectivity index is 2.01. The monoisotopic (exact) mass is 274 g/mol. The predicted octanol–water partition coefficient (Wildman–Crippen LogP) is 3.03. The van der Waals surface area contributed by atoms with Crippen LogP contribution < -0.4 is 10.6 Å². The number of amides is 1. The highest BCUT2D eigenvalue weighted by atomic mass is 16.1. The number of likely N-dealkylation sites (N-methyl/N-ethyl adjacent to an activating group) is 1. The van der Waals surface area contributed by atoms with E-state index in [1.807, 2.05) is 18.2 Å². The van der Waals surface area contributed by atoms with Gasteiger partial charge in [-0.05, 0) is 24.9 Å². The summed E-state index contributed by atoms with van der Waals surface area (Å²) in [4.78, 5) is 11.9. The van der Waals surface area contributed by atoms with Crippen LogP contribution in [0.5, 0.6) is 0 Å². The quantitative estimate of drug-likeness (QED) is 0.837. The normalized spacial score (nSPS) is 17.6. The molecule has 0 radical (unpaired) electrons. The van der Waals surface area contributed by atoms with Gasteiger partial charge in [-0.15, -0.1) is 0 Å². The Morgan fingerprint density at radius 1 is 1.20 bits per heavy atom. The van der Waals surface area contributed by atoms with Crippen molar-refractivity contribution in [3.63, 3.8) is 0 Å². The van der Waals surface area contributed by atoms with Crippen LogP contribution in [0.1, 0.15) is 50.1 Å². The van der Waals surface area contributed by atoms with E-state index in [0.717, 1.165) is 12.3 Å². The Bertz CT molecular complexity index is 399. The van der Waals surface area contributed by atoms with E-state index >= 15 is 0 Å². The second-order valence-corrected chi connectivity index (χ2v) is 5.80. The first-order valence-electron chi connectivity index (χ1n) is 7.78. The highest BCUT2D eigenvalue weighted by Crippen LogP contribution is 2.31. The lowest BCUT2D eigenvalue weighted by Crippen LogP contribution is -2.36. The smallest absolute Gasteiger partial charge is 0.234 e. The Morgan fingerprint density at radius 3 is 2.55 bits per heavy atom. The van der Waals surface area contributed by atoms with E-state index in [1.54, 1.807) is 7.05 Å². The van der Waals surface area contributed by atoms with Crippen molar-refractivity contribution >= 4 is 5.91 Å². The molecule has 2 rings (SSSR count). The summed E-state index contributed by atoms with van der Waals surface area (Å²) < 4.78 is 0. The molecule has 1 aliphatic carbocycles. The van der Waals surface area contributed by atoms with Gasteiger partial charge in [0.25, 0.3) is 0 Å². The van der Waals surface area contributed by atoms with Crippen molar-refractivity contribution in [3.05, 3.63) is 35.9 Å².